The zero-order chi connectivity index (χ0) is 19.1. The molecule has 0 bridgehead atoms. The summed E-state index contributed by atoms with van der Waals surface area (Å²) in [4.78, 5) is 18.8. The van der Waals surface area contributed by atoms with Gasteiger partial charge in [0.1, 0.15) is 5.75 Å². The van der Waals surface area contributed by atoms with Crippen molar-refractivity contribution in [1.82, 2.24) is 10.2 Å². The zero-order valence-corrected chi connectivity index (χ0v) is 16.5. The van der Waals surface area contributed by atoms with Crippen molar-refractivity contribution >= 4 is 11.9 Å². The molecule has 144 valence electrons. The van der Waals surface area contributed by atoms with E-state index in [1.807, 2.05) is 45.0 Å². The molecule has 1 aromatic carbocycles. The molecule has 1 saturated heterocycles. The predicted octanol–water partition coefficient (Wildman–Crippen LogP) is 2.68. The van der Waals surface area contributed by atoms with Crippen molar-refractivity contribution in [3.63, 3.8) is 0 Å². The third-order valence-electron chi connectivity index (χ3n) is 4.43. The number of esters is 1. The first-order valence-corrected chi connectivity index (χ1v) is 9.31. The van der Waals surface area contributed by atoms with Crippen LogP contribution in [0.2, 0.25) is 0 Å². The lowest BCUT2D eigenvalue weighted by atomic mass is 9.99. The molecule has 2 unspecified atom stereocenters. The molecule has 1 fully saturated rings. The van der Waals surface area contributed by atoms with Gasteiger partial charge in [0.15, 0.2) is 5.96 Å². The monoisotopic (exact) mass is 361 g/mol. The number of guanidine groups is 1. The molecule has 0 spiro atoms. The quantitative estimate of drug-likeness (QED) is 0.479. The first-order valence-electron chi connectivity index (χ1n) is 9.31. The van der Waals surface area contributed by atoms with Crippen LogP contribution in [-0.2, 0) is 16.1 Å². The van der Waals surface area contributed by atoms with Gasteiger partial charge in [0.2, 0.25) is 0 Å². The Kier molecular flexibility index (Phi) is 7.30. The molecule has 0 aromatic heterocycles. The van der Waals surface area contributed by atoms with E-state index in [0.29, 0.717) is 13.1 Å². The lowest BCUT2D eigenvalue weighted by Gasteiger charge is -2.21. The largest absolute Gasteiger partial charge is 0.491 e. The first-order chi connectivity index (χ1) is 12.4. The maximum Gasteiger partial charge on any atom is 0.310 e. The maximum absolute atomic E-state index is 11.9. The minimum Gasteiger partial charge on any atom is -0.491 e. The molecule has 6 nitrogen and oxygen atoms in total. The van der Waals surface area contributed by atoms with Crippen molar-refractivity contribution in [2.45, 2.75) is 40.3 Å². The summed E-state index contributed by atoms with van der Waals surface area (Å²) < 4.78 is 10.7. The summed E-state index contributed by atoms with van der Waals surface area (Å²) in [6.45, 7) is 10.9. The maximum atomic E-state index is 11.9. The summed E-state index contributed by atoms with van der Waals surface area (Å²) in [5.74, 6) is 1.69. The lowest BCUT2D eigenvalue weighted by Crippen LogP contribution is -2.40. The fourth-order valence-corrected chi connectivity index (χ4v) is 3.18. The number of aliphatic imine (C=N–C) groups is 1. The number of nitrogens with zero attached hydrogens (tertiary/aromatic N) is 2. The van der Waals surface area contributed by atoms with E-state index < -0.39 is 0 Å². The van der Waals surface area contributed by atoms with Crippen LogP contribution in [0.1, 0.15) is 33.3 Å². The molecule has 0 aliphatic carbocycles. The van der Waals surface area contributed by atoms with E-state index in [0.717, 1.165) is 30.4 Å². The third-order valence-corrected chi connectivity index (χ3v) is 4.43. The summed E-state index contributed by atoms with van der Waals surface area (Å²) in [7, 11) is 1.45. The highest BCUT2D eigenvalue weighted by Crippen LogP contribution is 2.24. The van der Waals surface area contributed by atoms with Crippen molar-refractivity contribution < 1.29 is 14.3 Å². The Balaban J connectivity index is 2.09. The van der Waals surface area contributed by atoms with Crippen LogP contribution in [0.4, 0.5) is 0 Å². The summed E-state index contributed by atoms with van der Waals surface area (Å²) >= 11 is 0. The van der Waals surface area contributed by atoms with Gasteiger partial charge in [0.25, 0.3) is 0 Å². The normalized spacial score (nSPS) is 20.4. The van der Waals surface area contributed by atoms with E-state index in [2.05, 4.69) is 17.1 Å². The van der Waals surface area contributed by atoms with E-state index in [1.54, 1.807) is 0 Å². The van der Waals surface area contributed by atoms with Gasteiger partial charge in [-0.2, -0.15) is 0 Å². The highest BCUT2D eigenvalue weighted by atomic mass is 16.5. The van der Waals surface area contributed by atoms with Crippen molar-refractivity contribution in [2.24, 2.45) is 16.8 Å². The molecule has 26 heavy (non-hydrogen) atoms. The number of carbonyl (C=O) groups excluding carboxylic acids is 1. The lowest BCUT2D eigenvalue weighted by molar-refractivity contribution is -0.145. The second-order valence-electron chi connectivity index (χ2n) is 7.00. The molecular weight excluding hydrogens is 330 g/mol. The molecular formula is C20H31N3O3. The van der Waals surface area contributed by atoms with Crippen molar-refractivity contribution in [2.75, 3.05) is 26.7 Å². The number of hydrogen-bond donors (Lipinski definition) is 1. The minimum atomic E-state index is -0.144. The summed E-state index contributed by atoms with van der Waals surface area (Å²) in [6.07, 6.45) is 0.146. The van der Waals surface area contributed by atoms with Gasteiger partial charge in [-0.3, -0.25) is 4.79 Å². The molecule has 1 heterocycles. The van der Waals surface area contributed by atoms with Gasteiger partial charge >= 0.3 is 5.97 Å². The smallest absolute Gasteiger partial charge is 0.310 e. The Morgan fingerprint density at radius 1 is 1.38 bits per heavy atom. The van der Waals surface area contributed by atoms with Gasteiger partial charge in [0, 0.05) is 19.6 Å². The molecule has 0 saturated carbocycles. The Morgan fingerprint density at radius 3 is 2.81 bits per heavy atom. The molecule has 6 heteroatoms. The molecule has 2 rings (SSSR count). The second-order valence-corrected chi connectivity index (χ2v) is 7.00. The number of hydrogen-bond acceptors (Lipinski definition) is 4. The molecule has 0 amide bonds. The molecule has 1 N–H and O–H groups in total. The predicted molar refractivity (Wildman–Crippen MR) is 103 cm³/mol. The Bertz CT molecular complexity index is 630. The van der Waals surface area contributed by atoms with E-state index >= 15 is 0 Å². The number of rotatable bonds is 6. The highest BCUT2D eigenvalue weighted by Gasteiger charge is 2.36. The van der Waals surface area contributed by atoms with Crippen LogP contribution in [0.3, 0.4) is 0 Å². The molecule has 1 aliphatic heterocycles. The van der Waals surface area contributed by atoms with E-state index in [-0.39, 0.29) is 23.9 Å². The van der Waals surface area contributed by atoms with E-state index in [9.17, 15) is 4.79 Å². The van der Waals surface area contributed by atoms with Crippen LogP contribution in [0, 0.1) is 11.8 Å². The fraction of sp³-hybridized carbons (Fsp3) is 0.600. The highest BCUT2D eigenvalue weighted by molar-refractivity contribution is 5.82. The third kappa shape index (κ3) is 5.38. The summed E-state index contributed by atoms with van der Waals surface area (Å²) in [6, 6.07) is 8.02. The Hall–Kier alpha value is -2.24. The standard InChI is InChI=1S/C20H31N3O3/c1-6-21-20(23-12-15(4)18(13-23)19(24)25-5)22-11-16-8-7-9-17(10-16)26-14(2)3/h7-10,14-15,18H,6,11-13H2,1-5H3,(H,21,22). The van der Waals surface area contributed by atoms with Gasteiger partial charge < -0.3 is 19.7 Å². The molecule has 1 aromatic rings. The minimum absolute atomic E-state index is 0.105. The van der Waals surface area contributed by atoms with Crippen LogP contribution in [0.25, 0.3) is 0 Å². The van der Waals surface area contributed by atoms with Gasteiger partial charge in [-0.1, -0.05) is 19.1 Å². The average Bonchev–Trinajstić information content (AvgIpc) is 2.99. The van der Waals surface area contributed by atoms with E-state index in [4.69, 9.17) is 14.5 Å². The van der Waals surface area contributed by atoms with Crippen LogP contribution >= 0.6 is 0 Å². The van der Waals surface area contributed by atoms with Crippen LogP contribution in [0.15, 0.2) is 29.3 Å². The zero-order valence-electron chi connectivity index (χ0n) is 16.5. The molecule has 1 aliphatic rings. The number of nitrogens with one attached hydrogen (secondary N) is 1. The number of likely N-dealkylation sites (tertiary alicyclic amines) is 1. The number of benzene rings is 1. The summed E-state index contributed by atoms with van der Waals surface area (Å²) in [5, 5.41) is 3.33. The summed E-state index contributed by atoms with van der Waals surface area (Å²) in [5.41, 5.74) is 1.09. The fourth-order valence-electron chi connectivity index (χ4n) is 3.18. The average molecular weight is 361 g/mol. The van der Waals surface area contributed by atoms with Crippen molar-refractivity contribution in [1.29, 1.82) is 0 Å². The number of ether oxygens (including phenoxy) is 2. The van der Waals surface area contributed by atoms with Gasteiger partial charge in [-0.15, -0.1) is 0 Å². The molecule has 2 atom stereocenters. The van der Waals surface area contributed by atoms with E-state index in [1.165, 1.54) is 7.11 Å². The number of carbonyl (C=O) groups is 1. The van der Waals surface area contributed by atoms with Gasteiger partial charge in [-0.05, 0) is 44.4 Å². The topological polar surface area (TPSA) is 63.2 Å². The first kappa shape index (κ1) is 20.1. The van der Waals surface area contributed by atoms with Crippen LogP contribution in [0.5, 0.6) is 5.75 Å². The molecule has 0 radical (unpaired) electrons. The SMILES string of the molecule is CCNC(=NCc1cccc(OC(C)C)c1)N1CC(C)C(C(=O)OC)C1. The number of methoxy groups -OCH3 is 1. The van der Waals surface area contributed by atoms with Crippen LogP contribution in [-0.4, -0.2) is 49.7 Å². The Labute approximate surface area is 156 Å². The van der Waals surface area contributed by atoms with Gasteiger partial charge in [0.05, 0.1) is 25.7 Å². The second kappa shape index (κ2) is 9.46. The van der Waals surface area contributed by atoms with Crippen molar-refractivity contribution in [3.05, 3.63) is 29.8 Å². The van der Waals surface area contributed by atoms with Crippen molar-refractivity contribution in [3.8, 4) is 5.75 Å². The van der Waals surface area contributed by atoms with Gasteiger partial charge in [-0.25, -0.2) is 4.99 Å². The van der Waals surface area contributed by atoms with Crippen LogP contribution < -0.4 is 10.1 Å². The Morgan fingerprint density at radius 2 is 2.15 bits per heavy atom.